The van der Waals surface area contributed by atoms with Crippen LogP contribution in [0.5, 0.6) is 0 Å². The molecule has 0 unspecified atom stereocenters. The van der Waals surface area contributed by atoms with E-state index < -0.39 is 8.24 Å². The van der Waals surface area contributed by atoms with Gasteiger partial charge in [0.15, 0.2) is 8.24 Å². The zero-order valence-corrected chi connectivity index (χ0v) is 23.3. The average molecular weight is 468 g/mol. The van der Waals surface area contributed by atoms with E-state index in [9.17, 15) is 0 Å². The van der Waals surface area contributed by atoms with Gasteiger partial charge in [0.25, 0.3) is 0 Å². The highest BCUT2D eigenvalue weighted by atomic mass is 28.3. The smallest absolute Gasteiger partial charge is 0.171 e. The van der Waals surface area contributed by atoms with E-state index in [4.69, 9.17) is 4.98 Å². The first-order valence-corrected chi connectivity index (χ1v) is 16.3. The number of aromatic nitrogens is 2. The van der Waals surface area contributed by atoms with Gasteiger partial charge in [-0.25, -0.2) is 4.98 Å². The van der Waals surface area contributed by atoms with E-state index in [-0.39, 0.29) is 0 Å². The summed E-state index contributed by atoms with van der Waals surface area (Å²) in [5.74, 6) is 2.61. The highest BCUT2D eigenvalue weighted by molar-refractivity contribution is 6.82. The van der Waals surface area contributed by atoms with Crippen molar-refractivity contribution in [3.63, 3.8) is 0 Å². The third-order valence-electron chi connectivity index (χ3n) is 9.22. The van der Waals surface area contributed by atoms with Gasteiger partial charge in [-0.3, -0.25) is 0 Å². The molecule has 2 heterocycles. The fourth-order valence-corrected chi connectivity index (χ4v) is 14.3. The number of nitrogens with one attached hydrogen (secondary N) is 1. The minimum atomic E-state index is -1.86. The molecular weight excluding hydrogens is 418 g/mol. The van der Waals surface area contributed by atoms with Crippen LogP contribution in [0.15, 0.2) is 18.3 Å². The summed E-state index contributed by atoms with van der Waals surface area (Å²) in [4.78, 5) is 5.37. The second-order valence-corrected chi connectivity index (χ2v) is 17.8. The zero-order chi connectivity index (χ0) is 23.6. The lowest BCUT2D eigenvalue weighted by Gasteiger charge is -2.44. The van der Waals surface area contributed by atoms with Crippen LogP contribution < -0.4 is 5.32 Å². The molecule has 2 fully saturated rings. The van der Waals surface area contributed by atoms with Crippen molar-refractivity contribution in [2.45, 2.75) is 128 Å². The van der Waals surface area contributed by atoms with Gasteiger partial charge in [-0.2, -0.15) is 0 Å². The van der Waals surface area contributed by atoms with E-state index in [1.807, 2.05) is 0 Å². The van der Waals surface area contributed by atoms with E-state index in [1.54, 1.807) is 5.56 Å². The maximum absolute atomic E-state index is 5.37. The van der Waals surface area contributed by atoms with Crippen LogP contribution in [0.1, 0.15) is 117 Å². The minimum absolute atomic E-state index is 0.674. The first kappa shape index (κ1) is 24.8. The Balaban J connectivity index is 1.78. The minimum Gasteiger partial charge on any atom is -0.370 e. The van der Waals surface area contributed by atoms with Crippen LogP contribution in [0.25, 0.3) is 11.0 Å². The number of fused-ring (bicyclic) bond motifs is 1. The topological polar surface area (TPSA) is 29.9 Å². The van der Waals surface area contributed by atoms with Gasteiger partial charge in [0.2, 0.25) is 0 Å². The molecule has 2 aliphatic rings. The van der Waals surface area contributed by atoms with Crippen LogP contribution in [-0.4, -0.2) is 24.0 Å². The summed E-state index contributed by atoms with van der Waals surface area (Å²) < 4.78 is 2.78. The Bertz CT molecular complexity index is 879. The number of nitrogens with zero attached hydrogens (tertiary/aromatic N) is 2. The van der Waals surface area contributed by atoms with Gasteiger partial charge >= 0.3 is 0 Å². The molecule has 1 N–H and O–H groups in total. The van der Waals surface area contributed by atoms with Gasteiger partial charge < -0.3 is 9.55 Å². The number of hydrogen-bond acceptors (Lipinski definition) is 2. The third-order valence-corrected chi connectivity index (χ3v) is 15.9. The molecule has 2 aromatic heterocycles. The molecule has 33 heavy (non-hydrogen) atoms. The molecule has 4 rings (SSSR count). The Morgan fingerprint density at radius 1 is 0.848 bits per heavy atom. The van der Waals surface area contributed by atoms with Crippen LogP contribution in [0.3, 0.4) is 0 Å². The van der Waals surface area contributed by atoms with Crippen LogP contribution >= 0.6 is 0 Å². The Morgan fingerprint density at radius 3 is 2.00 bits per heavy atom. The molecule has 2 saturated carbocycles. The van der Waals surface area contributed by atoms with E-state index in [0.29, 0.717) is 22.5 Å². The van der Waals surface area contributed by atoms with Crippen molar-refractivity contribution in [1.29, 1.82) is 0 Å². The summed E-state index contributed by atoms with van der Waals surface area (Å²) in [5, 5.41) is 5.19. The van der Waals surface area contributed by atoms with Gasteiger partial charge in [0.05, 0.1) is 0 Å². The lowest BCUT2D eigenvalue weighted by Crippen LogP contribution is -2.51. The van der Waals surface area contributed by atoms with Crippen LogP contribution in [0.4, 0.5) is 5.82 Å². The third kappa shape index (κ3) is 4.79. The number of anilines is 1. The molecule has 0 atom stereocenters. The predicted molar refractivity (Wildman–Crippen MR) is 147 cm³/mol. The van der Waals surface area contributed by atoms with Gasteiger partial charge in [-0.1, -0.05) is 80.1 Å². The maximum atomic E-state index is 5.37. The lowest BCUT2D eigenvalue weighted by molar-refractivity contribution is 0.373. The molecule has 4 heteroatoms. The maximum Gasteiger partial charge on any atom is 0.171 e. The summed E-state index contributed by atoms with van der Waals surface area (Å²) in [5.41, 5.74) is 4.88. The van der Waals surface area contributed by atoms with Crippen LogP contribution in [0.2, 0.25) is 16.6 Å². The Labute approximate surface area is 204 Å². The van der Waals surface area contributed by atoms with Crippen molar-refractivity contribution in [2.24, 2.45) is 5.92 Å². The molecule has 2 aliphatic carbocycles. The van der Waals surface area contributed by atoms with E-state index in [1.165, 1.54) is 75.2 Å². The zero-order valence-electron chi connectivity index (χ0n) is 22.3. The summed E-state index contributed by atoms with van der Waals surface area (Å²) in [7, 11) is -1.86. The SMILES string of the molecule is CC(C)[Si](C(C)C)(C(C)C)n1cc(C2CCCCC2)c2ccc(NCC3CCCCC3)nc21. The fraction of sp³-hybridized carbons (Fsp3) is 0.759. The summed E-state index contributed by atoms with van der Waals surface area (Å²) in [6, 6.07) is 4.68. The van der Waals surface area contributed by atoms with E-state index in [0.717, 1.165) is 18.3 Å². The second-order valence-electron chi connectivity index (χ2n) is 12.1. The largest absolute Gasteiger partial charge is 0.370 e. The predicted octanol–water partition coefficient (Wildman–Crippen LogP) is 9.10. The summed E-state index contributed by atoms with van der Waals surface area (Å²) in [6.07, 6.45) is 16.4. The van der Waals surface area contributed by atoms with Gasteiger partial charge in [0, 0.05) is 18.1 Å². The average Bonchev–Trinajstić information content (AvgIpc) is 3.18. The molecule has 2 aromatic rings. The monoisotopic (exact) mass is 467 g/mol. The molecule has 0 radical (unpaired) electrons. The van der Waals surface area contributed by atoms with Crippen molar-refractivity contribution in [3.8, 4) is 0 Å². The molecule has 0 bridgehead atoms. The Morgan fingerprint density at radius 2 is 1.42 bits per heavy atom. The molecule has 3 nitrogen and oxygen atoms in total. The van der Waals surface area contributed by atoms with E-state index in [2.05, 4.69) is 69.4 Å². The lowest BCUT2D eigenvalue weighted by atomic mass is 9.84. The molecule has 0 aliphatic heterocycles. The van der Waals surface area contributed by atoms with E-state index >= 15 is 0 Å². The van der Waals surface area contributed by atoms with Crippen LogP contribution in [0, 0.1) is 5.92 Å². The molecule has 0 spiro atoms. The molecule has 0 amide bonds. The molecule has 184 valence electrons. The van der Waals surface area contributed by atoms with Gasteiger partial charge in [-0.15, -0.1) is 0 Å². The Kier molecular flexibility index (Phi) is 7.93. The van der Waals surface area contributed by atoms with Crippen molar-refractivity contribution >= 4 is 25.1 Å². The van der Waals surface area contributed by atoms with Crippen molar-refractivity contribution in [2.75, 3.05) is 11.9 Å². The number of pyridine rings is 1. The standard InChI is InChI=1S/C29H49N3Si/c1-21(2)33(22(3)4,23(5)6)32-20-27(25-15-11-8-12-16-25)26-17-18-28(31-29(26)32)30-19-24-13-9-7-10-14-24/h17-18,20-25H,7-16,19H2,1-6H3,(H,30,31). The molecule has 0 saturated heterocycles. The molecule has 0 aromatic carbocycles. The van der Waals surface area contributed by atoms with Crippen LogP contribution in [-0.2, 0) is 0 Å². The highest BCUT2D eigenvalue weighted by Gasteiger charge is 2.46. The quantitative estimate of drug-likeness (QED) is 0.392. The Hall–Kier alpha value is -1.29. The fourth-order valence-electron chi connectivity index (χ4n) is 7.73. The summed E-state index contributed by atoms with van der Waals surface area (Å²) >= 11 is 0. The molecular formula is C29H49N3Si. The highest BCUT2D eigenvalue weighted by Crippen LogP contribution is 2.46. The van der Waals surface area contributed by atoms with Gasteiger partial charge in [-0.05, 0) is 71.8 Å². The number of hydrogen-bond donors (Lipinski definition) is 1. The van der Waals surface area contributed by atoms with Crippen molar-refractivity contribution in [1.82, 2.24) is 9.22 Å². The normalized spacial score (nSPS) is 19.3. The first-order valence-electron chi connectivity index (χ1n) is 14.1. The van der Waals surface area contributed by atoms with Gasteiger partial charge in [0.1, 0.15) is 11.5 Å². The van der Waals surface area contributed by atoms with Crippen molar-refractivity contribution in [3.05, 3.63) is 23.9 Å². The second kappa shape index (κ2) is 10.5. The summed E-state index contributed by atoms with van der Waals surface area (Å²) in [6.45, 7) is 15.9. The first-order chi connectivity index (χ1) is 15.9. The van der Waals surface area contributed by atoms with Crippen molar-refractivity contribution < 1.29 is 0 Å². The number of rotatable bonds is 8.